The highest BCUT2D eigenvalue weighted by Crippen LogP contribution is 2.32. The zero-order chi connectivity index (χ0) is 17.3. The normalized spacial score (nSPS) is 18.7. The topological polar surface area (TPSA) is 51.0 Å². The second-order valence-corrected chi connectivity index (χ2v) is 5.90. The molecule has 0 saturated carbocycles. The van der Waals surface area contributed by atoms with Gasteiger partial charge in [0.25, 0.3) is 5.91 Å². The van der Waals surface area contributed by atoms with Gasteiger partial charge in [0, 0.05) is 38.4 Å². The van der Waals surface area contributed by atoms with Crippen molar-refractivity contribution in [3.05, 3.63) is 47.8 Å². The fourth-order valence-corrected chi connectivity index (χ4v) is 3.02. The molecule has 128 valence electrons. The van der Waals surface area contributed by atoms with Crippen molar-refractivity contribution in [1.29, 1.82) is 0 Å². The van der Waals surface area contributed by atoms with Gasteiger partial charge in [0.05, 0.1) is 0 Å². The van der Waals surface area contributed by atoms with Crippen LogP contribution in [0.15, 0.2) is 30.6 Å². The van der Waals surface area contributed by atoms with Crippen molar-refractivity contribution in [2.45, 2.75) is 24.9 Å². The van der Waals surface area contributed by atoms with Crippen LogP contribution in [0.2, 0.25) is 0 Å². The summed E-state index contributed by atoms with van der Waals surface area (Å²) in [4.78, 5) is 21.9. The number of pyridine rings is 1. The van der Waals surface area contributed by atoms with E-state index in [4.69, 9.17) is 0 Å². The van der Waals surface area contributed by atoms with Crippen molar-refractivity contribution in [1.82, 2.24) is 19.4 Å². The van der Waals surface area contributed by atoms with Gasteiger partial charge in [-0.25, -0.2) is 4.98 Å². The molecule has 1 aliphatic heterocycles. The molecule has 0 N–H and O–H groups in total. The van der Waals surface area contributed by atoms with Gasteiger partial charge in [0.2, 0.25) is 0 Å². The van der Waals surface area contributed by atoms with E-state index in [-0.39, 0.29) is 11.8 Å². The number of carbonyl (C=O) groups excluding carboxylic acids is 1. The fraction of sp³-hybridized carbons (Fsp3) is 0.438. The van der Waals surface area contributed by atoms with Gasteiger partial charge in [-0.2, -0.15) is 13.2 Å². The van der Waals surface area contributed by atoms with Gasteiger partial charge in [-0.05, 0) is 25.0 Å². The summed E-state index contributed by atoms with van der Waals surface area (Å²) in [5.41, 5.74) is -0.554. The van der Waals surface area contributed by atoms with Gasteiger partial charge in [0.15, 0.2) is 5.69 Å². The van der Waals surface area contributed by atoms with E-state index in [1.54, 1.807) is 36.3 Å². The molecule has 24 heavy (non-hydrogen) atoms. The van der Waals surface area contributed by atoms with Gasteiger partial charge in [-0.1, -0.05) is 6.07 Å². The molecule has 1 amide bonds. The number of nitrogens with zero attached hydrogens (tertiary/aromatic N) is 4. The largest absolute Gasteiger partial charge is 0.434 e. The average molecular weight is 338 g/mol. The zero-order valence-corrected chi connectivity index (χ0v) is 13.1. The number of carbonyl (C=O) groups is 1. The minimum Gasteiger partial charge on any atom is -0.337 e. The summed E-state index contributed by atoms with van der Waals surface area (Å²) in [6.45, 7) is 0.917. The van der Waals surface area contributed by atoms with Crippen LogP contribution in [0.25, 0.3) is 0 Å². The van der Waals surface area contributed by atoms with Crippen molar-refractivity contribution in [3.63, 3.8) is 0 Å². The lowest BCUT2D eigenvalue weighted by Crippen LogP contribution is -2.40. The molecule has 1 aliphatic rings. The van der Waals surface area contributed by atoms with Gasteiger partial charge >= 0.3 is 6.18 Å². The lowest BCUT2D eigenvalue weighted by molar-refractivity contribution is -0.141. The first kappa shape index (κ1) is 16.5. The summed E-state index contributed by atoms with van der Waals surface area (Å²) >= 11 is 0. The first-order chi connectivity index (χ1) is 11.4. The lowest BCUT2D eigenvalue weighted by atomic mass is 9.97. The summed E-state index contributed by atoms with van der Waals surface area (Å²) in [5, 5.41) is 0. The van der Waals surface area contributed by atoms with Crippen molar-refractivity contribution < 1.29 is 18.0 Å². The zero-order valence-electron chi connectivity index (χ0n) is 13.1. The standard InChI is InChI=1S/C16H17F3N4O/c1-22-10-13(16(17,18)19)21-14(22)11-5-4-8-23(9-11)15(24)12-6-2-3-7-20-12/h2-3,6-7,10-11H,4-5,8-9H2,1H3/t11-/m1/s1. The van der Waals surface area contributed by atoms with Crippen LogP contribution in [0, 0.1) is 0 Å². The van der Waals surface area contributed by atoms with E-state index in [2.05, 4.69) is 9.97 Å². The SMILES string of the molecule is Cn1cc(C(F)(F)F)nc1[C@@H]1CCCN(C(=O)c2ccccn2)C1. The van der Waals surface area contributed by atoms with E-state index in [0.717, 1.165) is 12.6 Å². The third kappa shape index (κ3) is 3.27. The Morgan fingerprint density at radius 1 is 1.33 bits per heavy atom. The molecule has 3 heterocycles. The number of likely N-dealkylation sites (tertiary alicyclic amines) is 1. The van der Waals surface area contributed by atoms with Crippen LogP contribution in [-0.4, -0.2) is 38.4 Å². The average Bonchev–Trinajstić information content (AvgIpc) is 2.97. The Balaban J connectivity index is 1.79. The first-order valence-corrected chi connectivity index (χ1v) is 7.67. The lowest BCUT2D eigenvalue weighted by Gasteiger charge is -2.32. The molecule has 0 unspecified atom stereocenters. The fourth-order valence-electron chi connectivity index (χ4n) is 3.02. The van der Waals surface area contributed by atoms with E-state index >= 15 is 0 Å². The molecule has 0 aromatic carbocycles. The molecular weight excluding hydrogens is 321 g/mol. The Hall–Kier alpha value is -2.38. The number of hydrogen-bond acceptors (Lipinski definition) is 3. The number of imidazole rings is 1. The molecule has 1 fully saturated rings. The monoisotopic (exact) mass is 338 g/mol. The van der Waals surface area contributed by atoms with Crippen molar-refractivity contribution >= 4 is 5.91 Å². The maximum Gasteiger partial charge on any atom is 0.434 e. The van der Waals surface area contributed by atoms with Crippen molar-refractivity contribution in [2.75, 3.05) is 13.1 Å². The third-order valence-electron chi connectivity index (χ3n) is 4.16. The van der Waals surface area contributed by atoms with Gasteiger partial charge in [0.1, 0.15) is 11.5 Å². The number of alkyl halides is 3. The quantitative estimate of drug-likeness (QED) is 0.846. The molecule has 5 nitrogen and oxygen atoms in total. The van der Waals surface area contributed by atoms with E-state index in [1.165, 1.54) is 4.57 Å². The highest BCUT2D eigenvalue weighted by atomic mass is 19.4. The van der Waals surface area contributed by atoms with Crippen LogP contribution >= 0.6 is 0 Å². The Kier molecular flexibility index (Phi) is 4.29. The number of hydrogen-bond donors (Lipinski definition) is 0. The second kappa shape index (κ2) is 6.26. The number of amides is 1. The van der Waals surface area contributed by atoms with Crippen molar-refractivity contribution in [2.24, 2.45) is 7.05 Å². The maximum atomic E-state index is 12.8. The molecule has 3 rings (SSSR count). The molecule has 0 spiro atoms. The number of piperidine rings is 1. The summed E-state index contributed by atoms with van der Waals surface area (Å²) < 4.78 is 39.9. The molecule has 0 aliphatic carbocycles. The number of rotatable bonds is 2. The Morgan fingerprint density at radius 3 is 2.75 bits per heavy atom. The van der Waals surface area contributed by atoms with E-state index < -0.39 is 11.9 Å². The maximum absolute atomic E-state index is 12.8. The summed E-state index contributed by atoms with van der Waals surface area (Å²) in [6.07, 6.45) is -0.502. The van der Waals surface area contributed by atoms with Crippen LogP contribution in [0.3, 0.4) is 0 Å². The highest BCUT2D eigenvalue weighted by Gasteiger charge is 2.36. The highest BCUT2D eigenvalue weighted by molar-refractivity contribution is 5.92. The van der Waals surface area contributed by atoms with Crippen LogP contribution in [0.1, 0.15) is 40.8 Å². The number of halogens is 3. The third-order valence-corrected chi connectivity index (χ3v) is 4.16. The molecule has 0 radical (unpaired) electrons. The predicted octanol–water partition coefficient (Wildman–Crippen LogP) is 2.85. The minimum atomic E-state index is -4.46. The molecule has 8 heteroatoms. The Morgan fingerprint density at radius 2 is 2.12 bits per heavy atom. The van der Waals surface area contributed by atoms with E-state index in [1.807, 2.05) is 0 Å². The van der Waals surface area contributed by atoms with E-state index in [0.29, 0.717) is 31.0 Å². The van der Waals surface area contributed by atoms with Crippen LogP contribution < -0.4 is 0 Å². The number of aromatic nitrogens is 3. The van der Waals surface area contributed by atoms with Crippen LogP contribution in [0.4, 0.5) is 13.2 Å². The molecular formula is C16H17F3N4O. The Bertz CT molecular complexity index is 727. The van der Waals surface area contributed by atoms with Crippen LogP contribution in [-0.2, 0) is 13.2 Å². The molecule has 2 aromatic rings. The molecule has 0 bridgehead atoms. The van der Waals surface area contributed by atoms with Crippen LogP contribution in [0.5, 0.6) is 0 Å². The van der Waals surface area contributed by atoms with Gasteiger partial charge < -0.3 is 9.47 Å². The summed E-state index contributed by atoms with van der Waals surface area (Å²) in [7, 11) is 1.55. The molecule has 1 atom stereocenters. The minimum absolute atomic E-state index is 0.203. The Labute approximate surface area is 137 Å². The number of aryl methyl sites for hydroxylation is 1. The van der Waals surface area contributed by atoms with Gasteiger partial charge in [-0.15, -0.1) is 0 Å². The first-order valence-electron chi connectivity index (χ1n) is 7.67. The second-order valence-electron chi connectivity index (χ2n) is 5.90. The van der Waals surface area contributed by atoms with E-state index in [9.17, 15) is 18.0 Å². The summed E-state index contributed by atoms with van der Waals surface area (Å²) in [6, 6.07) is 5.09. The smallest absolute Gasteiger partial charge is 0.337 e. The van der Waals surface area contributed by atoms with Crippen molar-refractivity contribution in [3.8, 4) is 0 Å². The molecule has 1 saturated heterocycles. The van der Waals surface area contributed by atoms with Gasteiger partial charge in [-0.3, -0.25) is 9.78 Å². The molecule has 2 aromatic heterocycles. The predicted molar refractivity (Wildman–Crippen MR) is 80.3 cm³/mol. The summed E-state index contributed by atoms with van der Waals surface area (Å²) in [5.74, 6) is -0.0566.